The molecule has 1 aliphatic carbocycles. The Kier molecular flexibility index (Phi) is 5.26. The van der Waals surface area contributed by atoms with Gasteiger partial charge in [0.05, 0.1) is 6.04 Å². The number of benzene rings is 2. The largest absolute Gasteiger partial charge is 0.361 e. The lowest BCUT2D eigenvalue weighted by molar-refractivity contribution is -0.123. The Morgan fingerprint density at radius 3 is 2.48 bits per heavy atom. The molecular weight excluding hydrogens is 334 g/mol. The number of aromatic amines is 1. The molecule has 4 rings (SSSR count). The molecule has 1 heterocycles. The molecule has 1 amide bonds. The maximum Gasteiger partial charge on any atom is 0.238 e. The summed E-state index contributed by atoms with van der Waals surface area (Å²) in [5.41, 5.74) is 9.77. The molecule has 4 N–H and O–H groups in total. The molecule has 0 spiro atoms. The zero-order valence-corrected chi connectivity index (χ0v) is 15.5. The number of fused-ring (bicyclic) bond motifs is 1. The third kappa shape index (κ3) is 3.76. The molecular formula is C23H27N3O. The van der Waals surface area contributed by atoms with Gasteiger partial charge in [-0.2, -0.15) is 0 Å². The summed E-state index contributed by atoms with van der Waals surface area (Å²) in [6, 6.07) is 17.9. The first-order valence-corrected chi connectivity index (χ1v) is 9.91. The molecule has 140 valence electrons. The van der Waals surface area contributed by atoms with E-state index in [0.29, 0.717) is 0 Å². The minimum absolute atomic E-state index is 0.0546. The second-order valence-corrected chi connectivity index (χ2v) is 7.55. The van der Waals surface area contributed by atoms with Gasteiger partial charge in [-0.3, -0.25) is 4.79 Å². The number of hydrogen-bond donors (Lipinski definition) is 3. The SMILES string of the molecule is N[C@H](C(=O)NC1CCCCC1)[C@H](c1ccccc1)c1c[nH]c2ccccc12. The Morgan fingerprint density at radius 1 is 1.00 bits per heavy atom. The molecule has 0 aliphatic heterocycles. The maximum absolute atomic E-state index is 13.0. The molecule has 1 saturated carbocycles. The van der Waals surface area contributed by atoms with Gasteiger partial charge in [-0.25, -0.2) is 0 Å². The third-order valence-corrected chi connectivity index (χ3v) is 5.73. The number of carbonyl (C=O) groups excluding carboxylic acids is 1. The Labute approximate surface area is 160 Å². The van der Waals surface area contributed by atoms with E-state index >= 15 is 0 Å². The highest BCUT2D eigenvalue weighted by atomic mass is 16.2. The van der Waals surface area contributed by atoms with Crippen molar-refractivity contribution in [3.8, 4) is 0 Å². The average Bonchev–Trinajstić information content (AvgIpc) is 3.14. The third-order valence-electron chi connectivity index (χ3n) is 5.73. The van der Waals surface area contributed by atoms with Crippen molar-refractivity contribution in [2.45, 2.75) is 50.1 Å². The lowest BCUT2D eigenvalue weighted by Crippen LogP contribution is -2.48. The van der Waals surface area contributed by atoms with E-state index in [-0.39, 0.29) is 17.9 Å². The first-order valence-electron chi connectivity index (χ1n) is 9.91. The van der Waals surface area contributed by atoms with Gasteiger partial charge in [0, 0.05) is 29.1 Å². The van der Waals surface area contributed by atoms with Crippen molar-refractivity contribution >= 4 is 16.8 Å². The van der Waals surface area contributed by atoms with Crippen molar-refractivity contribution in [3.63, 3.8) is 0 Å². The summed E-state index contributed by atoms with van der Waals surface area (Å²) in [5, 5.41) is 4.32. The van der Waals surface area contributed by atoms with Crippen LogP contribution in [0.5, 0.6) is 0 Å². The summed E-state index contributed by atoms with van der Waals surface area (Å²) < 4.78 is 0. The van der Waals surface area contributed by atoms with Crippen molar-refractivity contribution in [2.75, 3.05) is 0 Å². The van der Waals surface area contributed by atoms with Gasteiger partial charge in [0.1, 0.15) is 0 Å². The first kappa shape index (κ1) is 17.8. The van der Waals surface area contributed by atoms with Gasteiger partial charge < -0.3 is 16.0 Å². The van der Waals surface area contributed by atoms with Crippen LogP contribution >= 0.6 is 0 Å². The molecule has 27 heavy (non-hydrogen) atoms. The van der Waals surface area contributed by atoms with Crippen LogP contribution in [0.1, 0.15) is 49.1 Å². The predicted octanol–water partition coefficient (Wildman–Crippen LogP) is 4.08. The fourth-order valence-corrected chi connectivity index (χ4v) is 4.29. The summed E-state index contributed by atoms with van der Waals surface area (Å²) >= 11 is 0. The number of carbonyl (C=O) groups is 1. The summed E-state index contributed by atoms with van der Waals surface area (Å²) in [6.07, 6.45) is 7.75. The summed E-state index contributed by atoms with van der Waals surface area (Å²) in [4.78, 5) is 16.3. The van der Waals surface area contributed by atoms with Crippen LogP contribution in [0.25, 0.3) is 10.9 Å². The molecule has 0 radical (unpaired) electrons. The van der Waals surface area contributed by atoms with E-state index < -0.39 is 6.04 Å². The van der Waals surface area contributed by atoms with E-state index in [0.717, 1.165) is 34.9 Å². The fraction of sp³-hybridized carbons (Fsp3) is 0.348. The van der Waals surface area contributed by atoms with Gasteiger partial charge in [0.2, 0.25) is 5.91 Å². The normalized spacial score (nSPS) is 17.5. The fourth-order valence-electron chi connectivity index (χ4n) is 4.29. The van der Waals surface area contributed by atoms with Crippen LogP contribution in [0.3, 0.4) is 0 Å². The smallest absolute Gasteiger partial charge is 0.238 e. The standard InChI is InChI=1S/C23H27N3O/c24-22(23(27)26-17-11-5-2-6-12-17)21(16-9-3-1-4-10-16)19-15-25-20-14-8-7-13-18(19)20/h1,3-4,7-10,13-15,17,21-22,25H,2,5-6,11-12,24H2,(H,26,27)/t21-,22+/m1/s1. The van der Waals surface area contributed by atoms with Crippen LogP contribution in [-0.4, -0.2) is 23.0 Å². The highest BCUT2D eigenvalue weighted by Gasteiger charge is 2.31. The molecule has 0 saturated heterocycles. The second-order valence-electron chi connectivity index (χ2n) is 7.55. The predicted molar refractivity (Wildman–Crippen MR) is 110 cm³/mol. The number of rotatable bonds is 5. The maximum atomic E-state index is 13.0. The number of para-hydroxylation sites is 1. The van der Waals surface area contributed by atoms with Gasteiger partial charge in [-0.05, 0) is 30.0 Å². The number of aromatic nitrogens is 1. The van der Waals surface area contributed by atoms with E-state index in [2.05, 4.69) is 34.6 Å². The van der Waals surface area contributed by atoms with Crippen LogP contribution in [-0.2, 0) is 4.79 Å². The summed E-state index contributed by atoms with van der Waals surface area (Å²) in [5.74, 6) is -0.244. The number of H-pyrrole nitrogens is 1. The molecule has 1 aromatic heterocycles. The van der Waals surface area contributed by atoms with Crippen molar-refractivity contribution < 1.29 is 4.79 Å². The molecule has 1 aliphatic rings. The number of nitrogens with two attached hydrogens (primary N) is 1. The van der Waals surface area contributed by atoms with E-state index in [1.807, 2.05) is 36.5 Å². The van der Waals surface area contributed by atoms with Gasteiger partial charge in [-0.1, -0.05) is 67.8 Å². The molecule has 0 unspecified atom stereocenters. The van der Waals surface area contributed by atoms with Gasteiger partial charge in [0.25, 0.3) is 0 Å². The van der Waals surface area contributed by atoms with Crippen LogP contribution in [0.4, 0.5) is 0 Å². The Balaban J connectivity index is 1.66. The number of amides is 1. The second kappa shape index (κ2) is 7.97. The van der Waals surface area contributed by atoms with Crippen molar-refractivity contribution in [1.29, 1.82) is 0 Å². The summed E-state index contributed by atoms with van der Waals surface area (Å²) in [7, 11) is 0. The van der Waals surface area contributed by atoms with Gasteiger partial charge in [-0.15, -0.1) is 0 Å². The van der Waals surface area contributed by atoms with E-state index in [9.17, 15) is 4.79 Å². The van der Waals surface area contributed by atoms with Crippen LogP contribution in [0, 0.1) is 0 Å². The highest BCUT2D eigenvalue weighted by molar-refractivity contribution is 5.88. The zero-order valence-electron chi connectivity index (χ0n) is 15.5. The number of nitrogens with one attached hydrogen (secondary N) is 2. The molecule has 1 fully saturated rings. The van der Waals surface area contributed by atoms with E-state index in [4.69, 9.17) is 5.73 Å². The van der Waals surface area contributed by atoms with Crippen LogP contribution < -0.4 is 11.1 Å². The quantitative estimate of drug-likeness (QED) is 0.641. The Hall–Kier alpha value is -2.59. The molecule has 2 atom stereocenters. The number of hydrogen-bond acceptors (Lipinski definition) is 2. The van der Waals surface area contributed by atoms with Crippen molar-refractivity contribution in [1.82, 2.24) is 10.3 Å². The van der Waals surface area contributed by atoms with E-state index in [1.54, 1.807) is 0 Å². The molecule has 4 heteroatoms. The van der Waals surface area contributed by atoms with Crippen LogP contribution in [0.2, 0.25) is 0 Å². The topological polar surface area (TPSA) is 70.9 Å². The van der Waals surface area contributed by atoms with Crippen molar-refractivity contribution in [2.24, 2.45) is 5.73 Å². The Bertz CT molecular complexity index is 896. The molecule has 4 nitrogen and oxygen atoms in total. The van der Waals surface area contributed by atoms with Gasteiger partial charge in [0.15, 0.2) is 0 Å². The van der Waals surface area contributed by atoms with E-state index in [1.165, 1.54) is 19.3 Å². The molecule has 0 bridgehead atoms. The average molecular weight is 361 g/mol. The summed E-state index contributed by atoms with van der Waals surface area (Å²) in [6.45, 7) is 0. The zero-order chi connectivity index (χ0) is 18.6. The van der Waals surface area contributed by atoms with Gasteiger partial charge >= 0.3 is 0 Å². The minimum atomic E-state index is -0.631. The van der Waals surface area contributed by atoms with Crippen LogP contribution in [0.15, 0.2) is 60.8 Å². The minimum Gasteiger partial charge on any atom is -0.361 e. The van der Waals surface area contributed by atoms with Crippen molar-refractivity contribution in [3.05, 3.63) is 71.9 Å². The highest BCUT2D eigenvalue weighted by Crippen LogP contribution is 2.33. The molecule has 2 aromatic carbocycles. The first-order chi connectivity index (χ1) is 13.2. The Morgan fingerprint density at radius 2 is 1.70 bits per heavy atom. The lowest BCUT2D eigenvalue weighted by Gasteiger charge is -2.28. The monoisotopic (exact) mass is 361 g/mol. The lowest BCUT2D eigenvalue weighted by atomic mass is 9.84. The molecule has 3 aromatic rings.